The number of hydrogen-bond acceptors (Lipinski definition) is 0. The molecule has 3 aromatic carbocycles. The minimum absolute atomic E-state index is 0.542. The Morgan fingerprint density at radius 1 is 0.571 bits per heavy atom. The fourth-order valence-electron chi connectivity index (χ4n) is 3.82. The van der Waals surface area contributed by atoms with Crippen molar-refractivity contribution in [1.29, 1.82) is 0 Å². The summed E-state index contributed by atoms with van der Waals surface area (Å²) in [6.45, 7) is 6.84. The topological polar surface area (TPSA) is 0 Å². The summed E-state index contributed by atoms with van der Waals surface area (Å²) in [4.78, 5) is 0. The van der Waals surface area contributed by atoms with Crippen LogP contribution < -0.4 is 15.9 Å². The molecule has 0 N–H and O–H groups in total. The van der Waals surface area contributed by atoms with Gasteiger partial charge in [-0.2, -0.15) is 0 Å². The summed E-state index contributed by atoms with van der Waals surface area (Å²) in [7, 11) is -0.542. The molecule has 3 rings (SSSR count). The molecule has 0 amide bonds. The Labute approximate surface area is 172 Å². The normalized spacial score (nSPS) is 11.1. The second kappa shape index (κ2) is 10.6. The summed E-state index contributed by atoms with van der Waals surface area (Å²) in [5.74, 6) is 0. The van der Waals surface area contributed by atoms with Crippen LogP contribution in [0.2, 0.25) is 0 Å². The standard InChI is InChI=1S/C27H33P/c1-4-6-15-23-17-9-12-20-26(23)28(25-19-11-8-14-22(25)3)27-21-13-10-18-24(27)16-7-5-2/h8-14,17-21H,4-7,15-16H2,1-3H3. The first kappa shape index (κ1) is 20.8. The molecule has 146 valence electrons. The number of rotatable bonds is 9. The van der Waals surface area contributed by atoms with Crippen molar-refractivity contribution in [2.45, 2.75) is 59.3 Å². The van der Waals surface area contributed by atoms with E-state index in [9.17, 15) is 0 Å². The van der Waals surface area contributed by atoms with Crippen molar-refractivity contribution in [3.63, 3.8) is 0 Å². The average Bonchev–Trinajstić information content (AvgIpc) is 2.74. The van der Waals surface area contributed by atoms with Crippen LogP contribution in [0.15, 0.2) is 72.8 Å². The molecule has 0 radical (unpaired) electrons. The van der Waals surface area contributed by atoms with Crippen LogP contribution >= 0.6 is 7.92 Å². The minimum atomic E-state index is -0.542. The summed E-state index contributed by atoms with van der Waals surface area (Å²) in [6.07, 6.45) is 7.34. The Morgan fingerprint density at radius 2 is 1.00 bits per heavy atom. The number of benzene rings is 3. The van der Waals surface area contributed by atoms with Gasteiger partial charge in [0.2, 0.25) is 0 Å². The van der Waals surface area contributed by atoms with Gasteiger partial charge in [0.05, 0.1) is 0 Å². The second-order valence-corrected chi connectivity index (χ2v) is 9.70. The summed E-state index contributed by atoms with van der Waals surface area (Å²) in [5.41, 5.74) is 4.47. The Hall–Kier alpha value is -1.91. The third-order valence-electron chi connectivity index (χ3n) is 5.42. The van der Waals surface area contributed by atoms with E-state index in [2.05, 4.69) is 93.6 Å². The lowest BCUT2D eigenvalue weighted by Crippen LogP contribution is -2.27. The molecular weight excluding hydrogens is 355 g/mol. The maximum atomic E-state index is 2.39. The largest absolute Gasteiger partial charge is 0.0654 e. The van der Waals surface area contributed by atoms with E-state index in [0.29, 0.717) is 0 Å². The fraction of sp³-hybridized carbons (Fsp3) is 0.333. The fourth-order valence-corrected chi connectivity index (χ4v) is 6.68. The van der Waals surface area contributed by atoms with Crippen LogP contribution in [0.1, 0.15) is 56.2 Å². The molecule has 1 heteroatoms. The molecule has 0 heterocycles. The highest BCUT2D eigenvalue weighted by Gasteiger charge is 2.22. The molecule has 0 unspecified atom stereocenters. The van der Waals surface area contributed by atoms with E-state index in [0.717, 1.165) is 0 Å². The van der Waals surface area contributed by atoms with Gasteiger partial charge in [-0.05, 0) is 73.1 Å². The number of unbranched alkanes of at least 4 members (excludes halogenated alkanes) is 2. The van der Waals surface area contributed by atoms with Gasteiger partial charge in [-0.15, -0.1) is 0 Å². The van der Waals surface area contributed by atoms with E-state index in [1.807, 2.05) is 0 Å². The van der Waals surface area contributed by atoms with E-state index >= 15 is 0 Å². The van der Waals surface area contributed by atoms with Gasteiger partial charge < -0.3 is 0 Å². The molecule has 0 bridgehead atoms. The molecule has 0 nitrogen and oxygen atoms in total. The first-order valence-electron chi connectivity index (χ1n) is 10.8. The van der Waals surface area contributed by atoms with E-state index in [1.165, 1.54) is 60.5 Å². The highest BCUT2D eigenvalue weighted by atomic mass is 31.1. The Balaban J connectivity index is 2.18. The van der Waals surface area contributed by atoms with Crippen LogP contribution in [-0.4, -0.2) is 0 Å². The van der Waals surface area contributed by atoms with Crippen molar-refractivity contribution >= 4 is 23.8 Å². The van der Waals surface area contributed by atoms with Gasteiger partial charge >= 0.3 is 0 Å². The molecular formula is C27H33P. The zero-order chi connectivity index (χ0) is 19.8. The van der Waals surface area contributed by atoms with Crippen molar-refractivity contribution in [3.8, 4) is 0 Å². The lowest BCUT2D eigenvalue weighted by Gasteiger charge is -2.26. The summed E-state index contributed by atoms with van der Waals surface area (Å²) >= 11 is 0. The van der Waals surface area contributed by atoms with Crippen molar-refractivity contribution in [1.82, 2.24) is 0 Å². The summed E-state index contributed by atoms with van der Waals surface area (Å²) in [5, 5.41) is 4.60. The van der Waals surface area contributed by atoms with Gasteiger partial charge in [0, 0.05) is 0 Å². The van der Waals surface area contributed by atoms with Crippen LogP contribution in [0.25, 0.3) is 0 Å². The average molecular weight is 389 g/mol. The number of hydrogen-bond donors (Lipinski definition) is 0. The molecule has 0 atom stereocenters. The zero-order valence-corrected chi connectivity index (χ0v) is 18.5. The lowest BCUT2D eigenvalue weighted by atomic mass is 10.1. The molecule has 0 saturated heterocycles. The summed E-state index contributed by atoms with van der Waals surface area (Å²) in [6, 6.07) is 27.4. The smallest absolute Gasteiger partial charge is 0.0119 e. The molecule has 3 aromatic rings. The summed E-state index contributed by atoms with van der Waals surface area (Å²) < 4.78 is 0. The first-order chi connectivity index (χ1) is 13.8. The second-order valence-electron chi connectivity index (χ2n) is 7.59. The molecule has 0 aromatic heterocycles. The van der Waals surface area contributed by atoms with E-state index in [4.69, 9.17) is 0 Å². The van der Waals surface area contributed by atoms with Crippen molar-refractivity contribution in [2.24, 2.45) is 0 Å². The van der Waals surface area contributed by atoms with Gasteiger partial charge in [-0.25, -0.2) is 0 Å². The third-order valence-corrected chi connectivity index (χ3v) is 8.24. The molecule has 0 spiro atoms. The quantitative estimate of drug-likeness (QED) is 0.370. The zero-order valence-electron chi connectivity index (χ0n) is 17.6. The molecule has 28 heavy (non-hydrogen) atoms. The van der Waals surface area contributed by atoms with Crippen LogP contribution in [0, 0.1) is 6.92 Å². The Bertz CT molecular complexity index is 829. The number of aryl methyl sites for hydroxylation is 3. The van der Waals surface area contributed by atoms with Crippen molar-refractivity contribution in [3.05, 3.63) is 89.5 Å². The molecule has 0 fully saturated rings. The van der Waals surface area contributed by atoms with Crippen LogP contribution in [-0.2, 0) is 12.8 Å². The van der Waals surface area contributed by atoms with Crippen LogP contribution in [0.4, 0.5) is 0 Å². The molecule has 0 aliphatic rings. The molecule has 0 saturated carbocycles. The van der Waals surface area contributed by atoms with Gasteiger partial charge in [-0.3, -0.25) is 0 Å². The molecule has 0 aliphatic heterocycles. The Morgan fingerprint density at radius 3 is 1.46 bits per heavy atom. The highest BCUT2D eigenvalue weighted by molar-refractivity contribution is 7.80. The monoisotopic (exact) mass is 388 g/mol. The predicted molar refractivity (Wildman–Crippen MR) is 127 cm³/mol. The Kier molecular flexibility index (Phi) is 7.87. The van der Waals surface area contributed by atoms with E-state index in [1.54, 1.807) is 10.6 Å². The van der Waals surface area contributed by atoms with Gasteiger partial charge in [-0.1, -0.05) is 99.5 Å². The van der Waals surface area contributed by atoms with Crippen molar-refractivity contribution < 1.29 is 0 Å². The highest BCUT2D eigenvalue weighted by Crippen LogP contribution is 2.37. The maximum absolute atomic E-state index is 2.39. The first-order valence-corrected chi connectivity index (χ1v) is 12.1. The van der Waals surface area contributed by atoms with Gasteiger partial charge in [0.15, 0.2) is 0 Å². The molecule has 0 aliphatic carbocycles. The SMILES string of the molecule is CCCCc1ccccc1P(c1ccccc1C)c1ccccc1CCCC. The van der Waals surface area contributed by atoms with Crippen molar-refractivity contribution in [2.75, 3.05) is 0 Å². The lowest BCUT2D eigenvalue weighted by molar-refractivity contribution is 0.797. The van der Waals surface area contributed by atoms with Gasteiger partial charge in [0.25, 0.3) is 0 Å². The predicted octanol–water partition coefficient (Wildman–Crippen LogP) is 6.44. The maximum Gasteiger partial charge on any atom is -0.0119 e. The van der Waals surface area contributed by atoms with Gasteiger partial charge in [0.1, 0.15) is 0 Å². The minimum Gasteiger partial charge on any atom is -0.0654 e. The van der Waals surface area contributed by atoms with Crippen LogP contribution in [0.3, 0.4) is 0 Å². The van der Waals surface area contributed by atoms with E-state index < -0.39 is 7.92 Å². The third kappa shape index (κ3) is 4.92. The van der Waals surface area contributed by atoms with Crippen LogP contribution in [0.5, 0.6) is 0 Å². The van der Waals surface area contributed by atoms with E-state index in [-0.39, 0.29) is 0 Å².